The molecule has 0 aliphatic carbocycles. The van der Waals surface area contributed by atoms with Gasteiger partial charge in [0.15, 0.2) is 5.75 Å². The largest absolute Gasteiger partial charge is 0.493 e. The summed E-state index contributed by atoms with van der Waals surface area (Å²) in [6.45, 7) is 13.0. The van der Waals surface area contributed by atoms with E-state index in [9.17, 15) is 4.79 Å². The second kappa shape index (κ2) is 18.9. The number of pyridine rings is 1. The zero-order valence-corrected chi connectivity index (χ0v) is 33.3. The zero-order chi connectivity index (χ0) is 36.5. The van der Waals surface area contributed by atoms with E-state index in [1.54, 1.807) is 18.3 Å². The second-order valence-electron chi connectivity index (χ2n) is 13.5. The van der Waals surface area contributed by atoms with Gasteiger partial charge in [-0.15, -0.1) is 17.0 Å². The number of benzene rings is 4. The Morgan fingerprint density at radius 3 is 2.04 bits per heavy atom. The van der Waals surface area contributed by atoms with Crippen molar-refractivity contribution in [3.8, 4) is 23.1 Å². The standard InChI is InChI=1S/C44H46ClN3O4.BrH/c1-31-5-9-37(10-6-31)30-51-40-17-18-42(46-28-40)52-44-34(4)25-38(27-41(44)45)33(3)26-43(49)48-22-20-47(21-23-48)29-36-13-11-35(12-14-36)19-24-50-39-15-7-32(2)8-16-39;/h5-18,25-28H,19-24,29-30H2,1-4H3;1H/b33-26-;. The van der Waals surface area contributed by atoms with E-state index in [4.69, 9.17) is 25.8 Å². The molecule has 1 saturated heterocycles. The van der Waals surface area contributed by atoms with E-state index < -0.39 is 0 Å². The van der Waals surface area contributed by atoms with E-state index >= 15 is 0 Å². The Kier molecular flexibility index (Phi) is 14.1. The molecular formula is C44H47BrClN3O4. The topological polar surface area (TPSA) is 64.1 Å². The van der Waals surface area contributed by atoms with Crippen LogP contribution in [0.2, 0.25) is 5.02 Å². The number of nitrogens with zero attached hydrogens (tertiary/aromatic N) is 3. The lowest BCUT2D eigenvalue weighted by Gasteiger charge is -2.34. The number of rotatable bonds is 13. The molecule has 1 aromatic heterocycles. The summed E-state index contributed by atoms with van der Waals surface area (Å²) in [6.07, 6.45) is 4.21. The van der Waals surface area contributed by atoms with E-state index in [0.717, 1.165) is 54.1 Å². The summed E-state index contributed by atoms with van der Waals surface area (Å²) in [7, 11) is 0. The van der Waals surface area contributed by atoms with E-state index in [0.29, 0.717) is 48.7 Å². The van der Waals surface area contributed by atoms with Gasteiger partial charge in [0.05, 0.1) is 17.8 Å². The predicted molar refractivity (Wildman–Crippen MR) is 219 cm³/mol. The minimum Gasteiger partial charge on any atom is -0.493 e. The third-order valence-corrected chi connectivity index (χ3v) is 9.54. The molecule has 0 N–H and O–H groups in total. The third-order valence-electron chi connectivity index (χ3n) is 9.26. The summed E-state index contributed by atoms with van der Waals surface area (Å²) < 4.78 is 17.8. The number of aryl methyl sites for hydroxylation is 3. The SMILES string of the molecule is Br.C/C(=C/C(=O)N1CCN(Cc2ccc(CCOc3ccc(C)cc3)cc2)CC1)c1cc(C)c(Oc2ccc(OCc3ccc(C)cc3)cn2)c(Cl)c1. The monoisotopic (exact) mass is 795 g/mol. The van der Waals surface area contributed by atoms with Gasteiger partial charge in [-0.25, -0.2) is 4.98 Å². The number of hydrogen-bond donors (Lipinski definition) is 0. The van der Waals surface area contributed by atoms with Crippen LogP contribution < -0.4 is 14.2 Å². The summed E-state index contributed by atoms with van der Waals surface area (Å²) in [4.78, 5) is 22.0. The van der Waals surface area contributed by atoms with Gasteiger partial charge >= 0.3 is 0 Å². The van der Waals surface area contributed by atoms with Gasteiger partial charge < -0.3 is 19.1 Å². The van der Waals surface area contributed by atoms with Crippen molar-refractivity contribution in [2.24, 2.45) is 0 Å². The molecule has 1 aliphatic heterocycles. The maximum atomic E-state index is 13.3. The van der Waals surface area contributed by atoms with Crippen molar-refractivity contribution in [1.29, 1.82) is 0 Å². The first-order valence-corrected chi connectivity index (χ1v) is 18.2. The number of halogens is 2. The van der Waals surface area contributed by atoms with Crippen LogP contribution in [0.3, 0.4) is 0 Å². The number of allylic oxidation sites excluding steroid dienone is 1. The number of amides is 1. The quantitative estimate of drug-likeness (QED) is 0.111. The highest BCUT2D eigenvalue weighted by Gasteiger charge is 2.21. The highest BCUT2D eigenvalue weighted by molar-refractivity contribution is 8.93. The molecule has 0 bridgehead atoms. The van der Waals surface area contributed by atoms with Crippen LogP contribution in [0.15, 0.2) is 109 Å². The molecule has 6 rings (SSSR count). The van der Waals surface area contributed by atoms with Crippen LogP contribution in [0.5, 0.6) is 23.1 Å². The van der Waals surface area contributed by atoms with Crippen molar-refractivity contribution in [3.05, 3.63) is 153 Å². The van der Waals surface area contributed by atoms with E-state index in [1.807, 2.05) is 49.1 Å². The van der Waals surface area contributed by atoms with Crippen molar-refractivity contribution < 1.29 is 19.0 Å². The lowest BCUT2D eigenvalue weighted by atomic mass is 10.0. The van der Waals surface area contributed by atoms with Gasteiger partial charge in [0.2, 0.25) is 11.8 Å². The highest BCUT2D eigenvalue weighted by Crippen LogP contribution is 2.35. The Balaban J connectivity index is 0.00000541. The second-order valence-corrected chi connectivity index (χ2v) is 13.9. The molecule has 2 heterocycles. The number of hydrogen-bond acceptors (Lipinski definition) is 6. The fourth-order valence-corrected chi connectivity index (χ4v) is 6.34. The van der Waals surface area contributed by atoms with Crippen molar-refractivity contribution in [3.63, 3.8) is 0 Å². The first kappa shape index (κ1) is 39.6. The molecule has 0 saturated carbocycles. The Hall–Kier alpha value is -4.63. The summed E-state index contributed by atoms with van der Waals surface area (Å²) in [5, 5.41) is 0.453. The average Bonchev–Trinajstić information content (AvgIpc) is 3.15. The fraction of sp³-hybridized carbons (Fsp3) is 0.273. The summed E-state index contributed by atoms with van der Waals surface area (Å²) in [5.41, 5.74) is 8.63. The fourth-order valence-electron chi connectivity index (χ4n) is 6.03. The molecule has 0 radical (unpaired) electrons. The van der Waals surface area contributed by atoms with Crippen molar-refractivity contribution in [2.75, 3.05) is 32.8 Å². The molecule has 1 amide bonds. The maximum Gasteiger partial charge on any atom is 0.246 e. The van der Waals surface area contributed by atoms with Gasteiger partial charge in [0.1, 0.15) is 18.1 Å². The van der Waals surface area contributed by atoms with Crippen LogP contribution in [0.1, 0.15) is 45.9 Å². The maximum absolute atomic E-state index is 13.3. The minimum absolute atomic E-state index is 0. The molecule has 1 aliphatic rings. The molecule has 7 nitrogen and oxygen atoms in total. The summed E-state index contributed by atoms with van der Waals surface area (Å²) >= 11 is 6.70. The molecule has 0 atom stereocenters. The van der Waals surface area contributed by atoms with Gasteiger partial charge in [0, 0.05) is 51.3 Å². The predicted octanol–water partition coefficient (Wildman–Crippen LogP) is 9.98. The summed E-state index contributed by atoms with van der Waals surface area (Å²) in [5.74, 6) is 2.51. The third kappa shape index (κ3) is 11.4. The van der Waals surface area contributed by atoms with Gasteiger partial charge in [-0.1, -0.05) is 83.4 Å². The molecule has 53 heavy (non-hydrogen) atoms. The lowest BCUT2D eigenvalue weighted by molar-refractivity contribution is -0.127. The van der Waals surface area contributed by atoms with Crippen LogP contribution in [0.4, 0.5) is 0 Å². The van der Waals surface area contributed by atoms with Gasteiger partial charge in [-0.2, -0.15) is 0 Å². The van der Waals surface area contributed by atoms with Gasteiger partial charge in [-0.05, 0) is 91.4 Å². The average molecular weight is 797 g/mol. The highest BCUT2D eigenvalue weighted by atomic mass is 79.9. The van der Waals surface area contributed by atoms with Crippen LogP contribution in [0, 0.1) is 20.8 Å². The smallest absolute Gasteiger partial charge is 0.246 e. The number of ether oxygens (including phenoxy) is 3. The van der Waals surface area contributed by atoms with Gasteiger partial charge in [-0.3, -0.25) is 9.69 Å². The van der Waals surface area contributed by atoms with Crippen molar-refractivity contribution >= 4 is 40.1 Å². The molecule has 0 spiro atoms. The first-order chi connectivity index (χ1) is 25.2. The molecule has 4 aromatic carbocycles. The number of piperazine rings is 1. The Morgan fingerprint density at radius 1 is 0.774 bits per heavy atom. The van der Waals surface area contributed by atoms with E-state index in [2.05, 4.69) is 84.4 Å². The Bertz CT molecular complexity index is 1950. The lowest BCUT2D eigenvalue weighted by Crippen LogP contribution is -2.47. The molecule has 1 fully saturated rings. The number of carbonyl (C=O) groups is 1. The van der Waals surface area contributed by atoms with Crippen LogP contribution >= 0.6 is 28.6 Å². The zero-order valence-electron chi connectivity index (χ0n) is 30.8. The van der Waals surface area contributed by atoms with Crippen LogP contribution in [-0.2, 0) is 24.4 Å². The minimum atomic E-state index is 0. The van der Waals surface area contributed by atoms with E-state index in [-0.39, 0.29) is 22.9 Å². The molecule has 276 valence electrons. The van der Waals surface area contributed by atoms with Crippen LogP contribution in [0.25, 0.3) is 5.57 Å². The number of carbonyl (C=O) groups excluding carboxylic acids is 1. The Morgan fingerprint density at radius 2 is 1.40 bits per heavy atom. The first-order valence-electron chi connectivity index (χ1n) is 17.8. The molecular weight excluding hydrogens is 750 g/mol. The summed E-state index contributed by atoms with van der Waals surface area (Å²) in [6, 6.07) is 32.6. The van der Waals surface area contributed by atoms with E-state index in [1.165, 1.54) is 22.3 Å². The van der Waals surface area contributed by atoms with Crippen molar-refractivity contribution in [2.45, 2.75) is 47.3 Å². The normalized spacial score (nSPS) is 13.3. The van der Waals surface area contributed by atoms with Crippen LogP contribution in [-0.4, -0.2) is 53.5 Å². The molecule has 0 unspecified atom stereocenters. The van der Waals surface area contributed by atoms with Crippen molar-refractivity contribution in [1.82, 2.24) is 14.8 Å². The molecule has 9 heteroatoms. The Labute approximate surface area is 328 Å². The molecule has 5 aromatic rings. The van der Waals surface area contributed by atoms with Gasteiger partial charge in [0.25, 0.3) is 0 Å². The number of aromatic nitrogens is 1.